The smallest absolute Gasteiger partial charge is 0.329 e. The van der Waals surface area contributed by atoms with Crippen LogP contribution in [0.5, 0.6) is 0 Å². The van der Waals surface area contributed by atoms with E-state index in [1.54, 1.807) is 0 Å². The number of anilines is 3. The Hall–Kier alpha value is -2.55. The molecule has 0 aliphatic heterocycles. The lowest BCUT2D eigenvalue weighted by Gasteiger charge is -2.10. The normalized spacial score (nSPS) is 10.3. The third kappa shape index (κ3) is 3.14. The lowest BCUT2D eigenvalue weighted by Crippen LogP contribution is -2.05. The standard InChI is InChI=1S/C11H8ClF2N5O2/c1-15-11-16-4-8(19(20)21)10(18-11)17-9-6(12)2-5(13)3-7(9)14/h2-4H,1H3,(H2,15,16,17,18). The van der Waals surface area contributed by atoms with Gasteiger partial charge in [-0.2, -0.15) is 4.98 Å². The fourth-order valence-corrected chi connectivity index (χ4v) is 1.74. The van der Waals surface area contributed by atoms with Crippen molar-refractivity contribution in [1.29, 1.82) is 0 Å². The molecule has 2 N–H and O–H groups in total. The van der Waals surface area contributed by atoms with Gasteiger partial charge in [0.15, 0.2) is 5.82 Å². The van der Waals surface area contributed by atoms with Crippen LogP contribution in [0.4, 0.5) is 31.9 Å². The van der Waals surface area contributed by atoms with Crippen LogP contribution >= 0.6 is 11.6 Å². The minimum atomic E-state index is -1.00. The first kappa shape index (κ1) is 14.9. The monoisotopic (exact) mass is 315 g/mol. The highest BCUT2D eigenvalue weighted by Crippen LogP contribution is 2.32. The zero-order valence-corrected chi connectivity index (χ0v) is 11.3. The Morgan fingerprint density at radius 2 is 2.10 bits per heavy atom. The Labute approximate surface area is 122 Å². The molecule has 110 valence electrons. The Morgan fingerprint density at radius 3 is 2.67 bits per heavy atom. The van der Waals surface area contributed by atoms with Crippen molar-refractivity contribution in [3.8, 4) is 0 Å². The van der Waals surface area contributed by atoms with Gasteiger partial charge in [-0.3, -0.25) is 10.1 Å². The molecule has 0 amide bonds. The second-order valence-corrected chi connectivity index (χ2v) is 4.21. The Bertz CT molecular complexity index is 690. The Morgan fingerprint density at radius 1 is 1.38 bits per heavy atom. The molecular weight excluding hydrogens is 308 g/mol. The minimum absolute atomic E-state index is 0.0849. The topological polar surface area (TPSA) is 93.0 Å². The van der Waals surface area contributed by atoms with Gasteiger partial charge in [-0.15, -0.1) is 0 Å². The number of aromatic nitrogens is 2. The second-order valence-electron chi connectivity index (χ2n) is 3.80. The molecule has 0 saturated heterocycles. The molecule has 2 rings (SSSR count). The lowest BCUT2D eigenvalue weighted by atomic mass is 10.3. The molecule has 0 bridgehead atoms. The van der Waals surface area contributed by atoms with Crippen LogP contribution in [0.1, 0.15) is 0 Å². The van der Waals surface area contributed by atoms with E-state index in [4.69, 9.17) is 11.6 Å². The van der Waals surface area contributed by atoms with E-state index in [0.717, 1.165) is 12.3 Å². The van der Waals surface area contributed by atoms with E-state index in [0.29, 0.717) is 6.07 Å². The number of nitrogens with one attached hydrogen (secondary N) is 2. The number of nitro groups is 1. The SMILES string of the molecule is CNc1ncc([N+](=O)[O-])c(Nc2c(F)cc(F)cc2Cl)n1. The molecule has 1 aromatic heterocycles. The van der Waals surface area contributed by atoms with Gasteiger partial charge in [0.1, 0.15) is 12.0 Å². The molecule has 2 aromatic rings. The molecular formula is C11H8ClF2N5O2. The van der Waals surface area contributed by atoms with Crippen molar-refractivity contribution in [3.05, 3.63) is 45.1 Å². The Kier molecular flexibility index (Phi) is 4.13. The lowest BCUT2D eigenvalue weighted by molar-refractivity contribution is -0.384. The third-order valence-electron chi connectivity index (χ3n) is 2.44. The van der Waals surface area contributed by atoms with Crippen LogP contribution in [0.15, 0.2) is 18.3 Å². The molecule has 0 saturated carbocycles. The first-order valence-corrected chi connectivity index (χ1v) is 5.91. The third-order valence-corrected chi connectivity index (χ3v) is 2.74. The molecule has 1 heterocycles. The fraction of sp³-hybridized carbons (Fsp3) is 0.0909. The molecule has 1 aromatic carbocycles. The summed E-state index contributed by atoms with van der Waals surface area (Å²) in [5.74, 6) is -2.05. The van der Waals surface area contributed by atoms with Gasteiger partial charge in [0, 0.05) is 13.1 Å². The molecule has 0 spiro atoms. The van der Waals surface area contributed by atoms with E-state index in [1.807, 2.05) is 0 Å². The molecule has 21 heavy (non-hydrogen) atoms. The van der Waals surface area contributed by atoms with Crippen molar-refractivity contribution in [2.24, 2.45) is 0 Å². The van der Waals surface area contributed by atoms with Crippen molar-refractivity contribution in [1.82, 2.24) is 9.97 Å². The molecule has 0 fully saturated rings. The fourth-order valence-electron chi connectivity index (χ4n) is 1.50. The van der Waals surface area contributed by atoms with E-state index < -0.39 is 22.2 Å². The summed E-state index contributed by atoms with van der Waals surface area (Å²) >= 11 is 5.72. The molecule has 0 atom stereocenters. The quantitative estimate of drug-likeness (QED) is 0.665. The number of benzene rings is 1. The summed E-state index contributed by atoms with van der Waals surface area (Å²) in [6.45, 7) is 0. The average Bonchev–Trinajstić information content (AvgIpc) is 2.42. The number of hydrogen-bond donors (Lipinski definition) is 2. The number of hydrogen-bond acceptors (Lipinski definition) is 6. The van der Waals surface area contributed by atoms with Gasteiger partial charge in [0.2, 0.25) is 11.8 Å². The summed E-state index contributed by atoms with van der Waals surface area (Å²) in [6, 6.07) is 1.47. The summed E-state index contributed by atoms with van der Waals surface area (Å²) in [5, 5.41) is 15.6. The van der Waals surface area contributed by atoms with Gasteiger partial charge in [0.05, 0.1) is 15.6 Å². The van der Waals surface area contributed by atoms with Gasteiger partial charge < -0.3 is 10.6 Å². The highest BCUT2D eigenvalue weighted by molar-refractivity contribution is 6.33. The van der Waals surface area contributed by atoms with Gasteiger partial charge in [-0.1, -0.05) is 11.6 Å². The zero-order valence-electron chi connectivity index (χ0n) is 10.5. The van der Waals surface area contributed by atoms with Crippen molar-refractivity contribution >= 4 is 34.7 Å². The van der Waals surface area contributed by atoms with E-state index >= 15 is 0 Å². The molecule has 7 nitrogen and oxygen atoms in total. The summed E-state index contributed by atoms with van der Waals surface area (Å²) in [6.07, 6.45) is 0.955. The van der Waals surface area contributed by atoms with E-state index in [9.17, 15) is 18.9 Å². The highest BCUT2D eigenvalue weighted by atomic mass is 35.5. The van der Waals surface area contributed by atoms with Crippen LogP contribution in [0, 0.1) is 21.7 Å². The molecule has 0 radical (unpaired) electrons. The van der Waals surface area contributed by atoms with Crippen molar-refractivity contribution in [3.63, 3.8) is 0 Å². The molecule has 10 heteroatoms. The van der Waals surface area contributed by atoms with Gasteiger partial charge >= 0.3 is 5.69 Å². The van der Waals surface area contributed by atoms with Crippen molar-refractivity contribution in [2.45, 2.75) is 0 Å². The average molecular weight is 316 g/mol. The largest absolute Gasteiger partial charge is 0.357 e. The zero-order chi connectivity index (χ0) is 15.6. The number of halogens is 3. The van der Waals surface area contributed by atoms with Crippen molar-refractivity contribution in [2.75, 3.05) is 17.7 Å². The van der Waals surface area contributed by atoms with Gasteiger partial charge in [-0.25, -0.2) is 13.8 Å². The van der Waals surface area contributed by atoms with Gasteiger partial charge in [0.25, 0.3) is 0 Å². The maximum Gasteiger partial charge on any atom is 0.329 e. The number of rotatable bonds is 4. The summed E-state index contributed by atoms with van der Waals surface area (Å²) in [4.78, 5) is 17.7. The first-order chi connectivity index (χ1) is 9.92. The van der Waals surface area contributed by atoms with Crippen LogP contribution < -0.4 is 10.6 Å². The van der Waals surface area contributed by atoms with Crippen molar-refractivity contribution < 1.29 is 13.7 Å². The summed E-state index contributed by atoms with van der Waals surface area (Å²) in [7, 11) is 1.51. The van der Waals surface area contributed by atoms with Crippen LogP contribution in [0.25, 0.3) is 0 Å². The highest BCUT2D eigenvalue weighted by Gasteiger charge is 2.20. The first-order valence-electron chi connectivity index (χ1n) is 5.53. The van der Waals surface area contributed by atoms with Crippen LogP contribution in [0.2, 0.25) is 5.02 Å². The predicted molar refractivity (Wildman–Crippen MR) is 72.9 cm³/mol. The number of nitrogens with zero attached hydrogens (tertiary/aromatic N) is 3. The van der Waals surface area contributed by atoms with E-state index in [1.165, 1.54) is 7.05 Å². The summed E-state index contributed by atoms with van der Waals surface area (Å²) < 4.78 is 26.7. The molecule has 0 aliphatic carbocycles. The Balaban J connectivity index is 2.50. The van der Waals surface area contributed by atoms with Crippen LogP contribution in [-0.2, 0) is 0 Å². The molecule has 0 aliphatic rings. The van der Waals surface area contributed by atoms with Crippen LogP contribution in [-0.4, -0.2) is 21.9 Å². The molecule has 0 unspecified atom stereocenters. The second kappa shape index (κ2) is 5.83. The van der Waals surface area contributed by atoms with E-state index in [-0.39, 0.29) is 22.5 Å². The van der Waals surface area contributed by atoms with E-state index in [2.05, 4.69) is 20.6 Å². The van der Waals surface area contributed by atoms with Crippen LogP contribution in [0.3, 0.4) is 0 Å². The maximum absolute atomic E-state index is 13.7. The minimum Gasteiger partial charge on any atom is -0.357 e. The maximum atomic E-state index is 13.7. The van der Waals surface area contributed by atoms with Gasteiger partial charge in [-0.05, 0) is 6.07 Å². The summed E-state index contributed by atoms with van der Waals surface area (Å²) in [5.41, 5.74) is -0.796. The predicted octanol–water partition coefficient (Wildman–Crippen LogP) is 3.10.